The molecule has 0 aliphatic carbocycles. The van der Waals surface area contributed by atoms with Gasteiger partial charge in [0.05, 0.1) is 11.7 Å². The molecule has 2 aromatic heterocycles. The maximum atomic E-state index is 6.18. The van der Waals surface area contributed by atoms with Gasteiger partial charge in [0.2, 0.25) is 0 Å². The van der Waals surface area contributed by atoms with Crippen LogP contribution in [0, 0.1) is 6.92 Å². The monoisotopic (exact) mass is 338 g/mol. The Labute approximate surface area is 147 Å². The zero-order valence-electron chi connectivity index (χ0n) is 13.7. The standard InChI is InChI=1S/C19H19ClN4/c1-3-16-12-18(23-13(2)22-16)24-19(17-9-4-5-10-21-17)14-7-6-8-15(20)11-14/h4-12,19H,3H2,1-2H3,(H,22,23,24). The second-order valence-electron chi connectivity index (χ2n) is 5.53. The third kappa shape index (κ3) is 3.89. The average molecular weight is 339 g/mol. The van der Waals surface area contributed by atoms with Crippen molar-refractivity contribution in [3.63, 3.8) is 0 Å². The molecule has 0 aliphatic heterocycles. The third-order valence-electron chi connectivity index (χ3n) is 3.71. The van der Waals surface area contributed by atoms with Crippen molar-refractivity contribution < 1.29 is 0 Å². The van der Waals surface area contributed by atoms with Crippen LogP contribution in [0.4, 0.5) is 5.82 Å². The first kappa shape index (κ1) is 16.4. The number of nitrogens with one attached hydrogen (secondary N) is 1. The number of hydrogen-bond donors (Lipinski definition) is 1. The lowest BCUT2D eigenvalue weighted by atomic mass is 10.0. The van der Waals surface area contributed by atoms with Gasteiger partial charge in [-0.05, 0) is 43.2 Å². The number of benzene rings is 1. The van der Waals surface area contributed by atoms with Crippen molar-refractivity contribution in [3.05, 3.63) is 82.5 Å². The predicted molar refractivity (Wildman–Crippen MR) is 97.3 cm³/mol. The molecular formula is C19H19ClN4. The van der Waals surface area contributed by atoms with E-state index in [1.165, 1.54) is 0 Å². The maximum absolute atomic E-state index is 6.18. The molecule has 1 N–H and O–H groups in total. The zero-order valence-corrected chi connectivity index (χ0v) is 14.5. The summed E-state index contributed by atoms with van der Waals surface area (Å²) in [7, 11) is 0. The van der Waals surface area contributed by atoms with Crippen molar-refractivity contribution >= 4 is 17.4 Å². The van der Waals surface area contributed by atoms with E-state index in [2.05, 4.69) is 27.2 Å². The molecule has 0 amide bonds. The summed E-state index contributed by atoms with van der Waals surface area (Å²) < 4.78 is 0. The highest BCUT2D eigenvalue weighted by molar-refractivity contribution is 6.30. The smallest absolute Gasteiger partial charge is 0.130 e. The first-order chi connectivity index (χ1) is 11.7. The summed E-state index contributed by atoms with van der Waals surface area (Å²) in [4.78, 5) is 13.4. The van der Waals surface area contributed by atoms with Crippen LogP contribution in [0.3, 0.4) is 0 Å². The molecule has 0 aliphatic rings. The molecule has 1 atom stereocenters. The van der Waals surface area contributed by atoms with E-state index in [4.69, 9.17) is 11.6 Å². The van der Waals surface area contributed by atoms with Gasteiger partial charge < -0.3 is 5.32 Å². The van der Waals surface area contributed by atoms with Gasteiger partial charge >= 0.3 is 0 Å². The summed E-state index contributed by atoms with van der Waals surface area (Å²) in [5.41, 5.74) is 2.96. The molecule has 24 heavy (non-hydrogen) atoms. The first-order valence-corrected chi connectivity index (χ1v) is 8.31. The largest absolute Gasteiger partial charge is 0.357 e. The van der Waals surface area contributed by atoms with Crippen LogP contribution in [0.5, 0.6) is 0 Å². The summed E-state index contributed by atoms with van der Waals surface area (Å²) >= 11 is 6.18. The Hall–Kier alpha value is -2.46. The van der Waals surface area contributed by atoms with Crippen molar-refractivity contribution in [2.24, 2.45) is 0 Å². The molecule has 0 radical (unpaired) electrons. The summed E-state index contributed by atoms with van der Waals surface area (Å²) in [6.45, 7) is 3.98. The SMILES string of the molecule is CCc1cc(NC(c2cccc(Cl)c2)c2ccccn2)nc(C)n1. The normalized spacial score (nSPS) is 12.0. The molecule has 2 heterocycles. The molecule has 4 nitrogen and oxygen atoms in total. The average Bonchev–Trinajstić information content (AvgIpc) is 2.60. The van der Waals surface area contributed by atoms with Crippen LogP contribution < -0.4 is 5.32 Å². The molecule has 1 aromatic carbocycles. The summed E-state index contributed by atoms with van der Waals surface area (Å²) in [6, 6.07) is 15.5. The van der Waals surface area contributed by atoms with E-state index in [9.17, 15) is 0 Å². The van der Waals surface area contributed by atoms with E-state index >= 15 is 0 Å². The Morgan fingerprint density at radius 3 is 2.67 bits per heavy atom. The highest BCUT2D eigenvalue weighted by Gasteiger charge is 2.17. The molecule has 5 heteroatoms. The van der Waals surface area contributed by atoms with E-state index in [0.29, 0.717) is 5.02 Å². The minimum atomic E-state index is -0.135. The number of nitrogens with zero attached hydrogens (tertiary/aromatic N) is 3. The van der Waals surface area contributed by atoms with Crippen LogP contribution in [-0.2, 0) is 6.42 Å². The van der Waals surface area contributed by atoms with Gasteiger partial charge in [0.15, 0.2) is 0 Å². The Balaban J connectivity index is 2.01. The van der Waals surface area contributed by atoms with E-state index < -0.39 is 0 Å². The Kier molecular flexibility index (Phi) is 5.06. The molecule has 0 saturated heterocycles. The van der Waals surface area contributed by atoms with E-state index in [1.807, 2.05) is 55.5 Å². The molecule has 0 bridgehead atoms. The van der Waals surface area contributed by atoms with Gasteiger partial charge in [0, 0.05) is 23.0 Å². The maximum Gasteiger partial charge on any atom is 0.130 e. The Bertz CT molecular complexity index is 821. The number of aromatic nitrogens is 3. The number of halogens is 1. The van der Waals surface area contributed by atoms with Crippen LogP contribution in [0.25, 0.3) is 0 Å². The summed E-state index contributed by atoms with van der Waals surface area (Å²) in [6.07, 6.45) is 2.65. The van der Waals surface area contributed by atoms with E-state index in [0.717, 1.165) is 35.0 Å². The van der Waals surface area contributed by atoms with Crippen LogP contribution in [0.1, 0.15) is 35.7 Å². The van der Waals surface area contributed by atoms with Gasteiger partial charge in [0.1, 0.15) is 11.6 Å². The molecule has 1 unspecified atom stereocenters. The minimum Gasteiger partial charge on any atom is -0.357 e. The van der Waals surface area contributed by atoms with Crippen LogP contribution in [0.2, 0.25) is 5.02 Å². The van der Waals surface area contributed by atoms with Crippen molar-refractivity contribution in [2.45, 2.75) is 26.3 Å². The van der Waals surface area contributed by atoms with Crippen LogP contribution in [-0.4, -0.2) is 15.0 Å². The first-order valence-electron chi connectivity index (χ1n) is 7.93. The van der Waals surface area contributed by atoms with E-state index in [1.54, 1.807) is 6.20 Å². The highest BCUT2D eigenvalue weighted by atomic mass is 35.5. The molecule has 3 aromatic rings. The summed E-state index contributed by atoms with van der Waals surface area (Å²) in [5, 5.41) is 4.18. The molecule has 122 valence electrons. The molecule has 0 saturated carbocycles. The van der Waals surface area contributed by atoms with Gasteiger partial charge in [-0.1, -0.05) is 36.7 Å². The number of pyridine rings is 1. The Morgan fingerprint density at radius 1 is 1.08 bits per heavy atom. The molecule has 0 fully saturated rings. The molecule has 3 rings (SSSR count). The van der Waals surface area contributed by atoms with Gasteiger partial charge in [-0.2, -0.15) is 0 Å². The van der Waals surface area contributed by atoms with Crippen molar-refractivity contribution in [1.29, 1.82) is 0 Å². The Morgan fingerprint density at radius 2 is 1.96 bits per heavy atom. The number of anilines is 1. The van der Waals surface area contributed by atoms with Crippen molar-refractivity contribution in [2.75, 3.05) is 5.32 Å². The lowest BCUT2D eigenvalue weighted by Gasteiger charge is -2.20. The fraction of sp³-hybridized carbons (Fsp3) is 0.211. The molecular weight excluding hydrogens is 320 g/mol. The fourth-order valence-corrected chi connectivity index (χ4v) is 2.79. The predicted octanol–water partition coefficient (Wildman–Crippen LogP) is 4.60. The van der Waals surface area contributed by atoms with Crippen molar-refractivity contribution in [3.8, 4) is 0 Å². The number of aryl methyl sites for hydroxylation is 2. The third-order valence-corrected chi connectivity index (χ3v) is 3.95. The number of hydrogen-bond acceptors (Lipinski definition) is 4. The highest BCUT2D eigenvalue weighted by Crippen LogP contribution is 2.26. The van der Waals surface area contributed by atoms with Gasteiger partial charge in [-0.3, -0.25) is 4.98 Å². The lowest BCUT2D eigenvalue weighted by Crippen LogP contribution is -2.15. The number of rotatable bonds is 5. The summed E-state index contributed by atoms with van der Waals surface area (Å²) in [5.74, 6) is 1.54. The van der Waals surface area contributed by atoms with Gasteiger partial charge in [0.25, 0.3) is 0 Å². The van der Waals surface area contributed by atoms with Gasteiger partial charge in [-0.25, -0.2) is 9.97 Å². The quantitative estimate of drug-likeness (QED) is 0.738. The van der Waals surface area contributed by atoms with Gasteiger partial charge in [-0.15, -0.1) is 0 Å². The minimum absolute atomic E-state index is 0.135. The van der Waals surface area contributed by atoms with Crippen LogP contribution in [0.15, 0.2) is 54.7 Å². The second-order valence-corrected chi connectivity index (χ2v) is 5.97. The topological polar surface area (TPSA) is 50.7 Å². The van der Waals surface area contributed by atoms with Crippen molar-refractivity contribution in [1.82, 2.24) is 15.0 Å². The zero-order chi connectivity index (χ0) is 16.9. The van der Waals surface area contributed by atoms with Crippen LogP contribution >= 0.6 is 11.6 Å². The van der Waals surface area contributed by atoms with E-state index in [-0.39, 0.29) is 6.04 Å². The lowest BCUT2D eigenvalue weighted by molar-refractivity contribution is 0.863. The fourth-order valence-electron chi connectivity index (χ4n) is 2.59. The molecule has 0 spiro atoms. The second kappa shape index (κ2) is 7.41.